The summed E-state index contributed by atoms with van der Waals surface area (Å²) >= 11 is 0. The molecule has 0 aliphatic carbocycles. The van der Waals surface area contributed by atoms with Crippen LogP contribution in [0.1, 0.15) is 32.4 Å². The van der Waals surface area contributed by atoms with Crippen molar-refractivity contribution in [3.8, 4) is 0 Å². The molecule has 0 bridgehead atoms. The van der Waals surface area contributed by atoms with E-state index in [2.05, 4.69) is 9.97 Å². The second-order valence-electron chi connectivity index (χ2n) is 8.48. The lowest BCUT2D eigenvalue weighted by atomic mass is 10.3. The van der Waals surface area contributed by atoms with Crippen molar-refractivity contribution >= 4 is 11.9 Å². The lowest BCUT2D eigenvalue weighted by molar-refractivity contribution is 0.00523. The van der Waals surface area contributed by atoms with Crippen LogP contribution in [0.5, 0.6) is 0 Å². The van der Waals surface area contributed by atoms with E-state index in [0.29, 0.717) is 90.3 Å². The number of aliphatic hydroxyl groups is 2. The smallest absolute Gasteiger partial charge is 0.354 e. The maximum absolute atomic E-state index is 11.1. The minimum atomic E-state index is -1.08. The molecule has 4 N–H and O–H groups in total. The van der Waals surface area contributed by atoms with Gasteiger partial charge in [0.25, 0.3) is 0 Å². The number of carboxylic acid groups (broad SMARTS) is 2. The Morgan fingerprint density at radius 1 is 0.615 bits per heavy atom. The number of nitrogens with zero attached hydrogens (tertiary/aromatic N) is 4. The first-order chi connectivity index (χ1) is 18.9. The zero-order chi connectivity index (χ0) is 28.3. The number of ether oxygens (including phenoxy) is 3. The number of hydrogen-bond donors (Lipinski definition) is 4. The summed E-state index contributed by atoms with van der Waals surface area (Å²) in [5, 5.41) is 36.8. The third-order valence-corrected chi connectivity index (χ3v) is 5.50. The van der Waals surface area contributed by atoms with E-state index in [0.717, 1.165) is 0 Å². The van der Waals surface area contributed by atoms with Gasteiger partial charge >= 0.3 is 11.9 Å². The van der Waals surface area contributed by atoms with Crippen LogP contribution >= 0.6 is 0 Å². The molecular weight excluding hydrogens is 512 g/mol. The Bertz CT molecular complexity index is 918. The molecule has 0 spiro atoms. The second kappa shape index (κ2) is 19.1. The number of aromatic nitrogens is 2. The molecular formula is C26H38N4O9. The molecule has 216 valence electrons. The van der Waals surface area contributed by atoms with E-state index in [-0.39, 0.29) is 24.6 Å². The second-order valence-corrected chi connectivity index (χ2v) is 8.48. The molecule has 0 amide bonds. The quantitative estimate of drug-likeness (QED) is 0.147. The summed E-state index contributed by atoms with van der Waals surface area (Å²) in [4.78, 5) is 34.3. The van der Waals surface area contributed by atoms with Crippen LogP contribution in [0, 0.1) is 0 Å². The first kappa shape index (κ1) is 32.2. The van der Waals surface area contributed by atoms with Crippen molar-refractivity contribution in [2.24, 2.45) is 0 Å². The molecule has 2 rings (SSSR count). The third-order valence-electron chi connectivity index (χ3n) is 5.50. The summed E-state index contributed by atoms with van der Waals surface area (Å²) in [6, 6.07) is 9.65. The van der Waals surface area contributed by atoms with E-state index in [4.69, 9.17) is 24.4 Å². The Kier molecular flexibility index (Phi) is 15.7. The monoisotopic (exact) mass is 550 g/mol. The molecule has 0 unspecified atom stereocenters. The average Bonchev–Trinajstić information content (AvgIpc) is 2.92. The van der Waals surface area contributed by atoms with E-state index in [9.17, 15) is 19.8 Å². The molecule has 39 heavy (non-hydrogen) atoms. The SMILES string of the molecule is O=C(O)c1cccc(CN(CCO)CCOCCOCCOCCN(CCO)Cc2cccc(C(=O)O)n2)n1. The van der Waals surface area contributed by atoms with Gasteiger partial charge in [-0.05, 0) is 24.3 Å². The van der Waals surface area contributed by atoms with Crippen molar-refractivity contribution in [2.75, 3.05) is 79.0 Å². The molecule has 0 aliphatic rings. The van der Waals surface area contributed by atoms with Gasteiger partial charge in [0.2, 0.25) is 0 Å². The fraction of sp³-hybridized carbons (Fsp3) is 0.538. The number of carboxylic acids is 2. The van der Waals surface area contributed by atoms with Crippen LogP contribution in [0.2, 0.25) is 0 Å². The van der Waals surface area contributed by atoms with Crippen molar-refractivity contribution in [2.45, 2.75) is 13.1 Å². The Morgan fingerprint density at radius 2 is 1.00 bits per heavy atom. The van der Waals surface area contributed by atoms with E-state index in [1.54, 1.807) is 24.3 Å². The van der Waals surface area contributed by atoms with Gasteiger partial charge in [0.1, 0.15) is 11.4 Å². The molecule has 0 fully saturated rings. The predicted molar refractivity (Wildman–Crippen MR) is 140 cm³/mol. The zero-order valence-electron chi connectivity index (χ0n) is 22.0. The zero-order valence-corrected chi connectivity index (χ0v) is 22.0. The lowest BCUT2D eigenvalue weighted by Crippen LogP contribution is -2.31. The molecule has 0 aliphatic heterocycles. The molecule has 13 heteroatoms. The molecule has 2 aromatic rings. The fourth-order valence-corrected chi connectivity index (χ4v) is 3.58. The van der Waals surface area contributed by atoms with Gasteiger partial charge in [0.15, 0.2) is 0 Å². The molecule has 2 aromatic heterocycles. The largest absolute Gasteiger partial charge is 0.477 e. The van der Waals surface area contributed by atoms with E-state index in [1.807, 2.05) is 9.80 Å². The molecule has 2 heterocycles. The van der Waals surface area contributed by atoms with Gasteiger partial charge in [-0.3, -0.25) is 9.80 Å². The van der Waals surface area contributed by atoms with Crippen LogP contribution in [0.4, 0.5) is 0 Å². The molecule has 0 saturated heterocycles. The van der Waals surface area contributed by atoms with Gasteiger partial charge in [-0.25, -0.2) is 19.6 Å². The molecule has 0 atom stereocenters. The summed E-state index contributed by atoms with van der Waals surface area (Å²) in [5.74, 6) is -2.16. The Morgan fingerprint density at radius 3 is 1.36 bits per heavy atom. The van der Waals surface area contributed by atoms with Crippen molar-refractivity contribution in [1.82, 2.24) is 19.8 Å². The molecule has 0 aromatic carbocycles. The average molecular weight is 551 g/mol. The van der Waals surface area contributed by atoms with Gasteiger partial charge in [-0.15, -0.1) is 0 Å². The Labute approximate surface area is 227 Å². The predicted octanol–water partition coefficient (Wildman–Crippen LogP) is 0.212. The van der Waals surface area contributed by atoms with Crippen LogP contribution in [0.3, 0.4) is 0 Å². The number of aromatic carboxylic acids is 2. The summed E-state index contributed by atoms with van der Waals surface area (Å²) in [7, 11) is 0. The molecule has 13 nitrogen and oxygen atoms in total. The molecule has 0 radical (unpaired) electrons. The van der Waals surface area contributed by atoms with Crippen molar-refractivity contribution in [3.63, 3.8) is 0 Å². The highest BCUT2D eigenvalue weighted by Gasteiger charge is 2.11. The highest BCUT2D eigenvalue weighted by atomic mass is 16.5. The highest BCUT2D eigenvalue weighted by Crippen LogP contribution is 2.05. The van der Waals surface area contributed by atoms with Crippen LogP contribution < -0.4 is 0 Å². The summed E-state index contributed by atoms with van der Waals surface area (Å²) < 4.78 is 16.7. The fourth-order valence-electron chi connectivity index (χ4n) is 3.58. The van der Waals surface area contributed by atoms with Gasteiger partial charge in [-0.1, -0.05) is 12.1 Å². The Hall–Kier alpha value is -3.04. The maximum atomic E-state index is 11.1. The highest BCUT2D eigenvalue weighted by molar-refractivity contribution is 5.85. The summed E-state index contributed by atoms with van der Waals surface area (Å²) in [6.07, 6.45) is 0. The maximum Gasteiger partial charge on any atom is 0.354 e. The number of pyridine rings is 2. The number of carbonyl (C=O) groups is 2. The van der Waals surface area contributed by atoms with Gasteiger partial charge in [0.05, 0.1) is 64.2 Å². The van der Waals surface area contributed by atoms with Crippen molar-refractivity contribution in [3.05, 3.63) is 59.2 Å². The normalized spacial score (nSPS) is 11.4. The number of aliphatic hydroxyl groups excluding tert-OH is 2. The van der Waals surface area contributed by atoms with E-state index in [1.165, 1.54) is 12.1 Å². The summed E-state index contributed by atoms with van der Waals surface area (Å²) in [5.41, 5.74) is 1.18. The van der Waals surface area contributed by atoms with Crippen molar-refractivity contribution in [1.29, 1.82) is 0 Å². The summed E-state index contributed by atoms with van der Waals surface area (Å²) in [6.45, 7) is 5.08. The van der Waals surface area contributed by atoms with E-state index >= 15 is 0 Å². The van der Waals surface area contributed by atoms with Crippen LogP contribution in [-0.4, -0.2) is 131 Å². The minimum absolute atomic E-state index is 0.0168. The van der Waals surface area contributed by atoms with Gasteiger partial charge < -0.3 is 34.6 Å². The van der Waals surface area contributed by atoms with Gasteiger partial charge in [-0.2, -0.15) is 0 Å². The van der Waals surface area contributed by atoms with E-state index < -0.39 is 11.9 Å². The third kappa shape index (κ3) is 13.5. The van der Waals surface area contributed by atoms with Gasteiger partial charge in [0, 0.05) is 39.3 Å². The van der Waals surface area contributed by atoms with Crippen LogP contribution in [-0.2, 0) is 27.3 Å². The van der Waals surface area contributed by atoms with Crippen LogP contribution in [0.25, 0.3) is 0 Å². The number of rotatable bonds is 22. The topological polar surface area (TPSA) is 175 Å². The molecule has 0 saturated carbocycles. The number of hydrogen-bond acceptors (Lipinski definition) is 11. The Balaban J connectivity index is 1.54. The lowest BCUT2D eigenvalue weighted by Gasteiger charge is -2.21. The van der Waals surface area contributed by atoms with Crippen LogP contribution in [0.15, 0.2) is 36.4 Å². The first-order valence-electron chi connectivity index (χ1n) is 12.7. The first-order valence-corrected chi connectivity index (χ1v) is 12.7. The van der Waals surface area contributed by atoms with Crippen molar-refractivity contribution < 1.29 is 44.2 Å². The standard InChI is InChI=1S/C26H38N4O9/c31-11-7-29(19-21-3-1-5-23(27-21)25(33)34)9-13-37-15-17-39-18-16-38-14-10-30(8-12-32)20-22-4-2-6-24(28-22)26(35)36/h1-6,31-32H,7-20H2,(H,33,34)(H,35,36). The minimum Gasteiger partial charge on any atom is -0.477 e.